The van der Waals surface area contributed by atoms with Crippen LogP contribution < -0.4 is 5.32 Å². The summed E-state index contributed by atoms with van der Waals surface area (Å²) in [5.41, 5.74) is 0. The van der Waals surface area contributed by atoms with Crippen LogP contribution in [0.15, 0.2) is 0 Å². The number of amides is 1. The maximum Gasteiger partial charge on any atom is 0.235 e. The van der Waals surface area contributed by atoms with Crippen LogP contribution in [0.3, 0.4) is 0 Å². The van der Waals surface area contributed by atoms with Gasteiger partial charge in [0.15, 0.2) is 9.84 Å². The van der Waals surface area contributed by atoms with Crippen LogP contribution in [0, 0.1) is 0 Å². The van der Waals surface area contributed by atoms with Crippen molar-refractivity contribution in [1.29, 1.82) is 0 Å². The number of methoxy groups -OCH3 is 1. The first-order chi connectivity index (χ1) is 6.89. The minimum absolute atomic E-state index is 0.0901. The number of hydrogen-bond acceptors (Lipinski definition) is 5. The molecule has 0 heterocycles. The van der Waals surface area contributed by atoms with Gasteiger partial charge in [-0.15, -0.1) is 0 Å². The lowest BCUT2D eigenvalue weighted by Gasteiger charge is -2.16. The Balaban J connectivity index is 4.10. The van der Waals surface area contributed by atoms with Gasteiger partial charge in [0.1, 0.15) is 5.75 Å². The second-order valence-corrected chi connectivity index (χ2v) is 5.44. The van der Waals surface area contributed by atoms with Gasteiger partial charge in [-0.2, -0.15) is 0 Å². The van der Waals surface area contributed by atoms with Gasteiger partial charge in [0, 0.05) is 20.0 Å². The molecule has 0 aliphatic rings. The Morgan fingerprint density at radius 2 is 2.13 bits per heavy atom. The third kappa shape index (κ3) is 8.34. The van der Waals surface area contributed by atoms with Gasteiger partial charge in [-0.1, -0.05) is 0 Å². The molecular formula is C8H17NO5S. The van der Waals surface area contributed by atoms with E-state index in [1.807, 2.05) is 0 Å². The van der Waals surface area contributed by atoms with Crippen LogP contribution in [-0.2, 0) is 19.4 Å². The van der Waals surface area contributed by atoms with Gasteiger partial charge in [0.2, 0.25) is 5.91 Å². The molecule has 0 saturated heterocycles. The third-order valence-electron chi connectivity index (χ3n) is 1.60. The molecule has 1 atom stereocenters. The van der Waals surface area contributed by atoms with E-state index in [9.17, 15) is 13.2 Å². The van der Waals surface area contributed by atoms with E-state index >= 15 is 0 Å². The molecule has 0 radical (unpaired) electrons. The van der Waals surface area contributed by atoms with Crippen molar-refractivity contribution in [3.63, 3.8) is 0 Å². The zero-order valence-electron chi connectivity index (χ0n) is 8.89. The average molecular weight is 239 g/mol. The Morgan fingerprint density at radius 3 is 2.53 bits per heavy atom. The highest BCUT2D eigenvalue weighted by Gasteiger charge is 2.15. The highest BCUT2D eigenvalue weighted by molar-refractivity contribution is 7.91. The molecule has 0 fully saturated rings. The van der Waals surface area contributed by atoms with Gasteiger partial charge in [0.05, 0.1) is 12.6 Å². The number of ether oxygens (including phenoxy) is 1. The van der Waals surface area contributed by atoms with Gasteiger partial charge in [-0.05, 0) is 6.42 Å². The van der Waals surface area contributed by atoms with Crippen molar-refractivity contribution >= 4 is 15.7 Å². The van der Waals surface area contributed by atoms with E-state index in [0.717, 1.165) is 6.26 Å². The highest BCUT2D eigenvalue weighted by atomic mass is 32.2. The zero-order chi connectivity index (χ0) is 11.9. The van der Waals surface area contributed by atoms with E-state index in [-0.39, 0.29) is 19.3 Å². The summed E-state index contributed by atoms with van der Waals surface area (Å²) in [5, 5.41) is 11.2. The Labute approximate surface area is 89.5 Å². The number of aliphatic hydroxyl groups excluding tert-OH is 1. The number of aliphatic hydroxyl groups is 1. The standard InChI is InChI=1S/C8H17NO5S/c1-14-5-7(3-4-10)9-8(11)6-15(2,12)13/h7,10H,3-6H2,1-2H3,(H,9,11). The molecular weight excluding hydrogens is 222 g/mol. The van der Waals surface area contributed by atoms with Crippen LogP contribution in [0.4, 0.5) is 0 Å². The minimum atomic E-state index is -3.31. The topological polar surface area (TPSA) is 92.7 Å². The van der Waals surface area contributed by atoms with Crippen molar-refractivity contribution in [2.45, 2.75) is 12.5 Å². The quantitative estimate of drug-likeness (QED) is 0.566. The number of sulfone groups is 1. The second-order valence-electron chi connectivity index (χ2n) is 3.30. The van der Waals surface area contributed by atoms with Crippen molar-refractivity contribution in [2.75, 3.05) is 32.3 Å². The average Bonchev–Trinajstić information content (AvgIpc) is 2.00. The lowest BCUT2D eigenvalue weighted by Crippen LogP contribution is -2.41. The summed E-state index contributed by atoms with van der Waals surface area (Å²) in [7, 11) is -1.85. The summed E-state index contributed by atoms with van der Waals surface area (Å²) in [4.78, 5) is 11.2. The monoisotopic (exact) mass is 239 g/mol. The van der Waals surface area contributed by atoms with Crippen molar-refractivity contribution in [3.8, 4) is 0 Å². The van der Waals surface area contributed by atoms with Crippen molar-refractivity contribution < 1.29 is 23.1 Å². The van der Waals surface area contributed by atoms with Crippen molar-refractivity contribution in [1.82, 2.24) is 5.32 Å². The smallest absolute Gasteiger partial charge is 0.235 e. The zero-order valence-corrected chi connectivity index (χ0v) is 9.71. The van der Waals surface area contributed by atoms with Crippen LogP contribution in [-0.4, -0.2) is 57.8 Å². The fourth-order valence-corrected chi connectivity index (χ4v) is 1.62. The maximum absolute atomic E-state index is 11.2. The van der Waals surface area contributed by atoms with E-state index < -0.39 is 21.5 Å². The van der Waals surface area contributed by atoms with Crippen molar-refractivity contribution in [3.05, 3.63) is 0 Å². The summed E-state index contributed by atoms with van der Waals surface area (Å²) in [5.74, 6) is -1.12. The van der Waals surface area contributed by atoms with E-state index in [0.29, 0.717) is 6.42 Å². The van der Waals surface area contributed by atoms with Crippen LogP contribution in [0.1, 0.15) is 6.42 Å². The van der Waals surface area contributed by atoms with E-state index in [1.54, 1.807) is 0 Å². The number of carbonyl (C=O) groups is 1. The Hall–Kier alpha value is -0.660. The van der Waals surface area contributed by atoms with Gasteiger partial charge in [-0.25, -0.2) is 8.42 Å². The van der Waals surface area contributed by atoms with E-state index in [2.05, 4.69) is 5.32 Å². The molecule has 0 bridgehead atoms. The first kappa shape index (κ1) is 14.3. The molecule has 15 heavy (non-hydrogen) atoms. The van der Waals surface area contributed by atoms with Crippen LogP contribution in [0.2, 0.25) is 0 Å². The molecule has 7 heteroatoms. The molecule has 2 N–H and O–H groups in total. The highest BCUT2D eigenvalue weighted by Crippen LogP contribution is 1.93. The Kier molecular flexibility index (Phi) is 6.46. The molecule has 0 aromatic heterocycles. The van der Waals surface area contributed by atoms with Crippen LogP contribution in [0.5, 0.6) is 0 Å². The summed E-state index contributed by atoms with van der Waals surface area (Å²) in [6.07, 6.45) is 1.33. The molecule has 6 nitrogen and oxygen atoms in total. The molecule has 90 valence electrons. The minimum Gasteiger partial charge on any atom is -0.396 e. The van der Waals surface area contributed by atoms with Crippen LogP contribution in [0.25, 0.3) is 0 Å². The molecule has 0 spiro atoms. The van der Waals surface area contributed by atoms with E-state index in [1.165, 1.54) is 7.11 Å². The predicted molar refractivity (Wildman–Crippen MR) is 55.2 cm³/mol. The molecule has 0 aromatic carbocycles. The lowest BCUT2D eigenvalue weighted by atomic mass is 10.2. The second kappa shape index (κ2) is 6.76. The largest absolute Gasteiger partial charge is 0.396 e. The molecule has 1 unspecified atom stereocenters. The predicted octanol–water partition coefficient (Wildman–Crippen LogP) is -1.46. The number of carbonyl (C=O) groups excluding carboxylic acids is 1. The first-order valence-electron chi connectivity index (χ1n) is 4.46. The SMILES string of the molecule is COCC(CCO)NC(=O)CS(C)(=O)=O. The maximum atomic E-state index is 11.2. The summed E-state index contributed by atoms with van der Waals surface area (Å²) in [6.45, 7) is 0.156. The summed E-state index contributed by atoms with van der Waals surface area (Å²) in [6, 6.07) is -0.353. The van der Waals surface area contributed by atoms with Gasteiger partial charge in [-0.3, -0.25) is 4.79 Å². The molecule has 0 saturated carbocycles. The molecule has 0 rings (SSSR count). The number of nitrogens with one attached hydrogen (secondary N) is 1. The Bertz CT molecular complexity index is 281. The molecule has 0 aliphatic heterocycles. The fraction of sp³-hybridized carbons (Fsp3) is 0.875. The van der Waals surface area contributed by atoms with Gasteiger partial charge < -0.3 is 15.2 Å². The molecule has 0 aromatic rings. The van der Waals surface area contributed by atoms with E-state index in [4.69, 9.17) is 9.84 Å². The molecule has 1 amide bonds. The summed E-state index contributed by atoms with van der Waals surface area (Å²) < 4.78 is 26.4. The normalized spacial score (nSPS) is 13.5. The Morgan fingerprint density at radius 1 is 1.53 bits per heavy atom. The van der Waals surface area contributed by atoms with Gasteiger partial charge in [0.25, 0.3) is 0 Å². The summed E-state index contributed by atoms with van der Waals surface area (Å²) >= 11 is 0. The van der Waals surface area contributed by atoms with Crippen LogP contribution >= 0.6 is 0 Å². The fourth-order valence-electron chi connectivity index (χ4n) is 1.06. The first-order valence-corrected chi connectivity index (χ1v) is 6.52. The number of hydrogen-bond donors (Lipinski definition) is 2. The lowest BCUT2D eigenvalue weighted by molar-refractivity contribution is -0.119. The number of rotatable bonds is 7. The third-order valence-corrected chi connectivity index (χ3v) is 2.39. The molecule has 0 aliphatic carbocycles. The van der Waals surface area contributed by atoms with Gasteiger partial charge >= 0.3 is 0 Å². The van der Waals surface area contributed by atoms with Crippen molar-refractivity contribution in [2.24, 2.45) is 0 Å².